The number of aryl methyl sites for hydroxylation is 1. The van der Waals surface area contributed by atoms with Gasteiger partial charge in [0, 0.05) is 36.2 Å². The molecule has 0 aliphatic rings. The highest BCUT2D eigenvalue weighted by Crippen LogP contribution is 2.36. The number of carbonyl (C=O) groups is 1. The van der Waals surface area contributed by atoms with Crippen LogP contribution in [0.25, 0.3) is 11.1 Å². The lowest BCUT2D eigenvalue weighted by Crippen LogP contribution is -2.29. The third-order valence-corrected chi connectivity index (χ3v) is 5.95. The van der Waals surface area contributed by atoms with Crippen LogP contribution in [0.5, 0.6) is 5.88 Å². The average Bonchev–Trinajstić information content (AvgIpc) is 2.80. The van der Waals surface area contributed by atoms with Crippen molar-refractivity contribution in [3.05, 3.63) is 59.4 Å². The topological polar surface area (TPSA) is 102 Å². The minimum atomic E-state index is -4.95. The van der Waals surface area contributed by atoms with Gasteiger partial charge in [-0.3, -0.25) is 9.69 Å². The fraction of sp³-hybridized carbons (Fsp3) is 0.273. The van der Waals surface area contributed by atoms with E-state index in [1.54, 1.807) is 0 Å². The molecule has 0 unspecified atom stereocenters. The molecule has 198 valence electrons. The number of sulfone groups is 1. The Balaban J connectivity index is 2.12. The van der Waals surface area contributed by atoms with Gasteiger partial charge >= 0.3 is 12.4 Å². The van der Waals surface area contributed by atoms with E-state index >= 15 is 0 Å². The Morgan fingerprint density at radius 3 is 2.30 bits per heavy atom. The van der Waals surface area contributed by atoms with E-state index in [1.165, 1.54) is 31.3 Å². The molecular weight excluding hydrogens is 530 g/mol. The predicted octanol–water partition coefficient (Wildman–Crippen LogP) is 4.49. The zero-order chi connectivity index (χ0) is 27.8. The van der Waals surface area contributed by atoms with E-state index < -0.39 is 56.6 Å². The summed E-state index contributed by atoms with van der Waals surface area (Å²) < 4.78 is 107. The fourth-order valence-corrected chi connectivity index (χ4v) is 3.86. The van der Waals surface area contributed by atoms with Crippen molar-refractivity contribution in [2.45, 2.75) is 24.2 Å². The summed E-state index contributed by atoms with van der Waals surface area (Å²) in [5.41, 5.74) is -1.64. The number of rotatable bonds is 6. The van der Waals surface area contributed by atoms with Gasteiger partial charge in [0.1, 0.15) is 0 Å². The van der Waals surface area contributed by atoms with E-state index in [-0.39, 0.29) is 16.9 Å². The molecule has 1 amide bonds. The summed E-state index contributed by atoms with van der Waals surface area (Å²) in [6.45, 7) is -0.142. The number of aromatic nitrogens is 3. The van der Waals surface area contributed by atoms with E-state index in [2.05, 4.69) is 15.2 Å². The van der Waals surface area contributed by atoms with Crippen LogP contribution in [0, 0.1) is 6.92 Å². The van der Waals surface area contributed by atoms with E-state index in [4.69, 9.17) is 4.74 Å². The molecule has 0 saturated heterocycles. The Kier molecular flexibility index (Phi) is 7.49. The zero-order valence-electron chi connectivity index (χ0n) is 19.3. The molecule has 0 aliphatic carbocycles. The van der Waals surface area contributed by atoms with Crippen LogP contribution in [0.1, 0.15) is 21.6 Å². The van der Waals surface area contributed by atoms with Crippen LogP contribution >= 0.6 is 0 Å². The van der Waals surface area contributed by atoms with Crippen LogP contribution in [0.15, 0.2) is 47.5 Å². The van der Waals surface area contributed by atoms with E-state index in [0.29, 0.717) is 24.1 Å². The molecule has 0 aliphatic heterocycles. The summed E-state index contributed by atoms with van der Waals surface area (Å²) >= 11 is 0. The van der Waals surface area contributed by atoms with Crippen molar-refractivity contribution in [2.24, 2.45) is 0 Å². The second-order valence-corrected chi connectivity index (χ2v) is 9.88. The van der Waals surface area contributed by atoms with Gasteiger partial charge in [-0.15, -0.1) is 5.10 Å². The van der Waals surface area contributed by atoms with Crippen molar-refractivity contribution >= 4 is 21.6 Å². The number of nitrogens with zero attached hydrogens (tertiary/aromatic N) is 4. The normalized spacial score (nSPS) is 12.4. The molecule has 0 saturated carbocycles. The van der Waals surface area contributed by atoms with E-state index in [1.807, 2.05) is 0 Å². The maximum Gasteiger partial charge on any atom is 0.422 e. The number of hydrogen-bond donors (Lipinski definition) is 0. The molecule has 2 heterocycles. The van der Waals surface area contributed by atoms with E-state index in [0.717, 1.165) is 18.0 Å². The van der Waals surface area contributed by atoms with Crippen molar-refractivity contribution in [3.8, 4) is 17.0 Å². The smallest absolute Gasteiger partial charge is 0.422 e. The number of pyridine rings is 1. The Labute approximate surface area is 206 Å². The Hall–Kier alpha value is -3.75. The van der Waals surface area contributed by atoms with E-state index in [9.17, 15) is 39.6 Å². The van der Waals surface area contributed by atoms with Crippen molar-refractivity contribution in [1.29, 1.82) is 0 Å². The summed E-state index contributed by atoms with van der Waals surface area (Å²) in [6, 6.07) is 5.79. The highest BCUT2D eigenvalue weighted by atomic mass is 32.2. The second-order valence-electron chi connectivity index (χ2n) is 7.86. The fourth-order valence-electron chi connectivity index (χ4n) is 3.18. The Bertz CT molecular complexity index is 1440. The number of ether oxygens (including phenoxy) is 1. The number of benzene rings is 1. The standard InChI is InChI=1S/C22H18F6N4O4S/c1-12-7-17(16-5-4-6-29-19(16)36-11-21(23,24)25)18(31-30-12)32(2)20(33)13-8-14(22(26,27)28)10-15(9-13)37(3,34)35/h4-10H,11H2,1-3H3. The molecule has 0 bridgehead atoms. The maximum atomic E-state index is 13.4. The third kappa shape index (κ3) is 6.72. The lowest BCUT2D eigenvalue weighted by Gasteiger charge is -2.21. The van der Waals surface area contributed by atoms with Gasteiger partial charge in [-0.1, -0.05) is 0 Å². The van der Waals surface area contributed by atoms with Gasteiger partial charge in [-0.25, -0.2) is 13.4 Å². The molecular formula is C22H18F6N4O4S. The molecule has 3 rings (SSSR count). The van der Waals surface area contributed by atoms with Gasteiger partial charge in [0.25, 0.3) is 5.91 Å². The largest absolute Gasteiger partial charge is 0.468 e. The Morgan fingerprint density at radius 2 is 1.70 bits per heavy atom. The average molecular weight is 548 g/mol. The SMILES string of the molecule is Cc1cc(-c2cccnc2OCC(F)(F)F)c(N(C)C(=O)c2cc(C(F)(F)F)cc(S(C)(=O)=O)c2)nn1. The predicted molar refractivity (Wildman–Crippen MR) is 119 cm³/mol. The summed E-state index contributed by atoms with van der Waals surface area (Å²) in [4.78, 5) is 17.1. The zero-order valence-corrected chi connectivity index (χ0v) is 20.2. The van der Waals surface area contributed by atoms with Gasteiger partial charge in [0.05, 0.1) is 16.2 Å². The number of alkyl halides is 6. The van der Waals surface area contributed by atoms with Gasteiger partial charge in [0.2, 0.25) is 5.88 Å². The second kappa shape index (κ2) is 9.95. The first kappa shape index (κ1) is 27.8. The minimum absolute atomic E-state index is 0.000247. The molecule has 0 atom stereocenters. The lowest BCUT2D eigenvalue weighted by molar-refractivity contribution is -0.154. The first-order valence-electron chi connectivity index (χ1n) is 10.2. The highest BCUT2D eigenvalue weighted by Gasteiger charge is 2.34. The summed E-state index contributed by atoms with van der Waals surface area (Å²) in [7, 11) is -2.99. The summed E-state index contributed by atoms with van der Waals surface area (Å²) in [5.74, 6) is -1.77. The molecule has 0 N–H and O–H groups in total. The third-order valence-electron chi connectivity index (χ3n) is 4.86. The molecule has 3 aromatic rings. The van der Waals surface area contributed by atoms with Crippen molar-refractivity contribution in [3.63, 3.8) is 0 Å². The highest BCUT2D eigenvalue weighted by molar-refractivity contribution is 7.90. The van der Waals surface area contributed by atoms with Crippen LogP contribution in [-0.4, -0.2) is 55.6 Å². The maximum absolute atomic E-state index is 13.4. The molecule has 0 fully saturated rings. The number of hydrogen-bond acceptors (Lipinski definition) is 7. The number of amides is 1. The van der Waals surface area contributed by atoms with Crippen molar-refractivity contribution in [2.75, 3.05) is 24.8 Å². The number of anilines is 1. The minimum Gasteiger partial charge on any atom is -0.468 e. The monoisotopic (exact) mass is 548 g/mol. The van der Waals surface area contributed by atoms with Crippen LogP contribution in [-0.2, 0) is 16.0 Å². The van der Waals surface area contributed by atoms with Crippen molar-refractivity contribution in [1.82, 2.24) is 15.2 Å². The molecule has 8 nitrogen and oxygen atoms in total. The number of carbonyl (C=O) groups excluding carboxylic acids is 1. The molecule has 0 spiro atoms. The van der Waals surface area contributed by atoms with Crippen LogP contribution in [0.3, 0.4) is 0 Å². The Morgan fingerprint density at radius 1 is 1.03 bits per heavy atom. The van der Waals surface area contributed by atoms with Crippen LogP contribution < -0.4 is 9.64 Å². The molecule has 0 radical (unpaired) electrons. The van der Waals surface area contributed by atoms with Gasteiger partial charge in [0.15, 0.2) is 22.3 Å². The summed E-state index contributed by atoms with van der Waals surface area (Å²) in [6.07, 6.45) is -7.75. The molecule has 15 heteroatoms. The van der Waals surface area contributed by atoms with Crippen molar-refractivity contribution < 1.29 is 44.3 Å². The number of halogens is 6. The van der Waals surface area contributed by atoms with Crippen LogP contribution in [0.2, 0.25) is 0 Å². The first-order valence-corrected chi connectivity index (χ1v) is 12.1. The molecule has 37 heavy (non-hydrogen) atoms. The summed E-state index contributed by atoms with van der Waals surface area (Å²) in [5, 5.41) is 7.73. The molecule has 1 aromatic carbocycles. The molecule has 2 aromatic heterocycles. The van der Waals surface area contributed by atoms with Crippen LogP contribution in [0.4, 0.5) is 32.2 Å². The quantitative estimate of drug-likeness (QED) is 0.419. The van der Waals surface area contributed by atoms with Gasteiger partial charge in [-0.05, 0) is 43.3 Å². The van der Waals surface area contributed by atoms with Gasteiger partial charge < -0.3 is 4.74 Å². The lowest BCUT2D eigenvalue weighted by atomic mass is 10.1. The first-order chi connectivity index (χ1) is 17.0. The van der Waals surface area contributed by atoms with Gasteiger partial charge in [-0.2, -0.15) is 31.4 Å².